The second kappa shape index (κ2) is 13.6. The van der Waals surface area contributed by atoms with Crippen molar-refractivity contribution in [2.45, 2.75) is 37.8 Å². The molecular formula is C10H22N2O4Pt. The van der Waals surface area contributed by atoms with Gasteiger partial charge in [0.05, 0.1) is 0 Å². The molecule has 1 aliphatic carbocycles. The summed E-state index contributed by atoms with van der Waals surface area (Å²) in [5, 5.41) is 14.8. The Hall–Kier alpha value is -0.452. The number of carboxylic acids is 2. The molecule has 0 spiro atoms. The van der Waals surface area contributed by atoms with E-state index in [9.17, 15) is 0 Å². The molecule has 6 N–H and O–H groups in total. The van der Waals surface area contributed by atoms with Crippen molar-refractivity contribution in [3.8, 4) is 0 Å². The Kier molecular flexibility index (Phi) is 20.3. The normalized spacial score (nSPS) is 21.3. The third-order valence-electron chi connectivity index (χ3n) is 2.06. The van der Waals surface area contributed by atoms with Crippen molar-refractivity contribution in [3.05, 3.63) is 14.9 Å². The van der Waals surface area contributed by atoms with Gasteiger partial charge in [-0.15, -0.1) is 0 Å². The van der Waals surface area contributed by atoms with Crippen molar-refractivity contribution in [1.82, 2.24) is 0 Å². The van der Waals surface area contributed by atoms with Crippen molar-refractivity contribution >= 4 is 11.9 Å². The van der Waals surface area contributed by atoms with Crippen LogP contribution in [0.2, 0.25) is 0 Å². The largest absolute Gasteiger partial charge is 2.00 e. The Bertz CT molecular complexity index is 192. The molecule has 1 aliphatic rings. The number of carboxylic acid groups (broad SMARTS) is 2. The van der Waals surface area contributed by atoms with Crippen LogP contribution in [0.4, 0.5) is 0 Å². The zero-order chi connectivity index (χ0) is 11.1. The molecule has 0 aromatic rings. The second-order valence-corrected chi connectivity index (χ2v) is 3.22. The molecule has 1 fully saturated rings. The van der Waals surface area contributed by atoms with Gasteiger partial charge in [-0.3, -0.25) is 0 Å². The molecule has 0 unspecified atom stereocenters. The summed E-state index contributed by atoms with van der Waals surface area (Å²) in [5.41, 5.74) is 11.3. The molecule has 7 heteroatoms. The van der Waals surface area contributed by atoms with Gasteiger partial charge in [-0.2, -0.15) is 0 Å². The Morgan fingerprint density at radius 1 is 0.882 bits per heavy atom. The van der Waals surface area contributed by atoms with Crippen LogP contribution >= 0.6 is 0 Å². The molecular weight excluding hydrogens is 407 g/mol. The SMILES string of the molecule is N[C@@H]1CCCC[C@H]1N.O=C(O)C(=O)O.[CH3-].[CH3-].[Pt+2]. The van der Waals surface area contributed by atoms with Gasteiger partial charge in [-0.25, -0.2) is 9.59 Å². The van der Waals surface area contributed by atoms with E-state index in [0.29, 0.717) is 0 Å². The van der Waals surface area contributed by atoms with Gasteiger partial charge in [0, 0.05) is 12.1 Å². The van der Waals surface area contributed by atoms with Crippen LogP contribution in [0.3, 0.4) is 0 Å². The van der Waals surface area contributed by atoms with Crippen LogP contribution in [0.25, 0.3) is 0 Å². The average Bonchev–Trinajstić information content (AvgIpc) is 2.11. The van der Waals surface area contributed by atoms with E-state index in [1.807, 2.05) is 0 Å². The van der Waals surface area contributed by atoms with Crippen molar-refractivity contribution in [2.24, 2.45) is 11.5 Å². The first kappa shape index (κ1) is 25.4. The topological polar surface area (TPSA) is 127 Å². The summed E-state index contributed by atoms with van der Waals surface area (Å²) in [6.07, 6.45) is 4.80. The van der Waals surface area contributed by atoms with Crippen molar-refractivity contribution < 1.29 is 40.9 Å². The van der Waals surface area contributed by atoms with E-state index < -0.39 is 11.9 Å². The number of aliphatic carboxylic acids is 2. The van der Waals surface area contributed by atoms with Gasteiger partial charge in [-0.05, 0) is 12.8 Å². The van der Waals surface area contributed by atoms with Gasteiger partial charge >= 0.3 is 33.0 Å². The summed E-state index contributed by atoms with van der Waals surface area (Å²) < 4.78 is 0. The summed E-state index contributed by atoms with van der Waals surface area (Å²) in [7, 11) is 0. The second-order valence-electron chi connectivity index (χ2n) is 3.22. The zero-order valence-electron chi connectivity index (χ0n) is 10.2. The molecule has 6 nitrogen and oxygen atoms in total. The predicted octanol–water partition coefficient (Wildman–Crippen LogP) is 0.269. The van der Waals surface area contributed by atoms with Gasteiger partial charge < -0.3 is 36.5 Å². The maximum Gasteiger partial charge on any atom is 2.00 e. The third kappa shape index (κ3) is 13.5. The molecule has 2 atom stereocenters. The monoisotopic (exact) mass is 429 g/mol. The number of nitrogens with two attached hydrogens (primary N) is 2. The molecule has 0 bridgehead atoms. The minimum atomic E-state index is -1.82. The Morgan fingerprint density at radius 3 is 1.24 bits per heavy atom. The summed E-state index contributed by atoms with van der Waals surface area (Å²) >= 11 is 0. The fraction of sp³-hybridized carbons (Fsp3) is 0.600. The van der Waals surface area contributed by atoms with E-state index >= 15 is 0 Å². The van der Waals surface area contributed by atoms with Gasteiger partial charge in [0.25, 0.3) is 0 Å². The average molecular weight is 429 g/mol. The number of carbonyl (C=O) groups is 2. The van der Waals surface area contributed by atoms with Gasteiger partial charge in [-0.1, -0.05) is 12.8 Å². The quantitative estimate of drug-likeness (QED) is 0.324. The predicted molar refractivity (Wildman–Crippen MR) is 62.5 cm³/mol. The molecule has 0 aromatic carbocycles. The first-order chi connectivity index (χ1) is 6.45. The van der Waals surface area contributed by atoms with Crippen LogP contribution in [0.1, 0.15) is 25.7 Å². The number of hydrogen-bond acceptors (Lipinski definition) is 4. The molecule has 0 aromatic heterocycles. The smallest absolute Gasteiger partial charge is 0.473 e. The van der Waals surface area contributed by atoms with Crippen LogP contribution in [0, 0.1) is 14.9 Å². The van der Waals surface area contributed by atoms with Crippen LogP contribution in [0.5, 0.6) is 0 Å². The summed E-state index contributed by atoms with van der Waals surface area (Å²) in [5.74, 6) is -3.65. The maximum absolute atomic E-state index is 9.10. The minimum Gasteiger partial charge on any atom is -0.473 e. The summed E-state index contributed by atoms with van der Waals surface area (Å²) in [6.45, 7) is 0. The van der Waals surface area contributed by atoms with Gasteiger partial charge in [0.2, 0.25) is 0 Å². The molecule has 0 amide bonds. The maximum atomic E-state index is 9.10. The Balaban J connectivity index is -0.0000000873. The van der Waals surface area contributed by atoms with Crippen molar-refractivity contribution in [1.29, 1.82) is 0 Å². The minimum absolute atomic E-state index is 0. The Morgan fingerprint density at radius 2 is 1.12 bits per heavy atom. The fourth-order valence-corrected chi connectivity index (χ4v) is 1.19. The molecule has 0 aliphatic heterocycles. The molecule has 0 saturated heterocycles. The standard InChI is InChI=1S/C6H14N2.C2H2O4.2CH3.Pt/c7-5-3-1-2-4-6(5)8;3-1(4)2(5)6;;;/h5-6H,1-4,7-8H2;(H,3,4)(H,5,6);2*1H3;/q;;2*-1;+2/t5-,6-;;;;/m1..../s1. The fourth-order valence-electron chi connectivity index (χ4n) is 1.19. The third-order valence-corrected chi connectivity index (χ3v) is 2.06. The van der Waals surface area contributed by atoms with E-state index in [2.05, 4.69) is 0 Å². The van der Waals surface area contributed by atoms with Gasteiger partial charge in [0.15, 0.2) is 0 Å². The zero-order valence-corrected chi connectivity index (χ0v) is 12.4. The van der Waals surface area contributed by atoms with E-state index in [0.717, 1.165) is 12.8 Å². The first-order valence-electron chi connectivity index (χ1n) is 4.42. The molecule has 0 radical (unpaired) electrons. The molecule has 1 rings (SSSR count). The first-order valence-corrected chi connectivity index (χ1v) is 4.42. The van der Waals surface area contributed by atoms with E-state index in [1.165, 1.54) is 12.8 Å². The van der Waals surface area contributed by atoms with Crippen molar-refractivity contribution in [2.75, 3.05) is 0 Å². The van der Waals surface area contributed by atoms with E-state index in [1.54, 1.807) is 0 Å². The summed E-state index contributed by atoms with van der Waals surface area (Å²) in [6, 6.07) is 0.562. The van der Waals surface area contributed by atoms with E-state index in [4.69, 9.17) is 31.3 Å². The molecule has 1 saturated carbocycles. The van der Waals surface area contributed by atoms with Crippen LogP contribution in [-0.4, -0.2) is 34.2 Å². The van der Waals surface area contributed by atoms with Crippen molar-refractivity contribution in [3.63, 3.8) is 0 Å². The number of hydrogen-bond donors (Lipinski definition) is 4. The molecule has 106 valence electrons. The molecule has 0 heterocycles. The van der Waals surface area contributed by atoms with E-state index in [-0.39, 0.29) is 48.0 Å². The Labute approximate surface area is 117 Å². The molecule has 17 heavy (non-hydrogen) atoms. The van der Waals surface area contributed by atoms with Crippen LogP contribution in [0.15, 0.2) is 0 Å². The number of rotatable bonds is 0. The van der Waals surface area contributed by atoms with Crippen LogP contribution in [-0.2, 0) is 30.7 Å². The van der Waals surface area contributed by atoms with Gasteiger partial charge in [0.1, 0.15) is 0 Å². The van der Waals surface area contributed by atoms with Crippen LogP contribution < -0.4 is 11.5 Å². The summed E-state index contributed by atoms with van der Waals surface area (Å²) in [4.78, 5) is 18.2.